The van der Waals surface area contributed by atoms with Crippen molar-refractivity contribution in [1.29, 1.82) is 0 Å². The van der Waals surface area contributed by atoms with Crippen LogP contribution in [0.3, 0.4) is 0 Å². The van der Waals surface area contributed by atoms with Gasteiger partial charge in [-0.25, -0.2) is 8.42 Å². The van der Waals surface area contributed by atoms with Crippen LogP contribution in [0.15, 0.2) is 65.6 Å². The molecule has 3 aromatic carbocycles. The van der Waals surface area contributed by atoms with Gasteiger partial charge in [0.15, 0.2) is 9.84 Å². The fraction of sp³-hybridized carbons (Fsp3) is 0.158. The Kier molecular flexibility index (Phi) is 4.90. The quantitative estimate of drug-likeness (QED) is 0.526. The van der Waals surface area contributed by atoms with Crippen LogP contribution in [-0.4, -0.2) is 26.1 Å². The third-order valence-electron chi connectivity index (χ3n) is 4.12. The van der Waals surface area contributed by atoms with Gasteiger partial charge in [0.05, 0.1) is 4.92 Å². The average molecular weight is 370 g/mol. The molecule has 0 aliphatic carbocycles. The van der Waals surface area contributed by atoms with Crippen LogP contribution in [0.1, 0.15) is 5.56 Å². The lowest BCUT2D eigenvalue weighted by molar-refractivity contribution is -0.386. The van der Waals surface area contributed by atoms with Crippen LogP contribution in [0.5, 0.6) is 0 Å². The molecule has 0 unspecified atom stereocenters. The van der Waals surface area contributed by atoms with Crippen molar-refractivity contribution in [3.8, 4) is 0 Å². The van der Waals surface area contributed by atoms with Crippen LogP contribution in [-0.2, 0) is 16.3 Å². The Labute approximate surface area is 151 Å². The molecular formula is C19H18N2O4S. The summed E-state index contributed by atoms with van der Waals surface area (Å²) in [6, 6.07) is 18.4. The second-order valence-corrected chi connectivity index (χ2v) is 8.02. The largest absolute Gasteiger partial charge is 0.379 e. The number of benzene rings is 3. The van der Waals surface area contributed by atoms with Gasteiger partial charge in [-0.3, -0.25) is 10.1 Å². The molecule has 0 aromatic heterocycles. The van der Waals surface area contributed by atoms with Crippen LogP contribution >= 0.6 is 0 Å². The maximum absolute atomic E-state index is 11.8. The highest BCUT2D eigenvalue weighted by Gasteiger charge is 2.25. The summed E-state index contributed by atoms with van der Waals surface area (Å²) in [5.41, 5.74) is 0.894. The van der Waals surface area contributed by atoms with Gasteiger partial charge >= 0.3 is 5.69 Å². The first kappa shape index (κ1) is 17.9. The number of nitro benzene ring substituents is 1. The van der Waals surface area contributed by atoms with Gasteiger partial charge < -0.3 is 5.32 Å². The summed E-state index contributed by atoms with van der Waals surface area (Å²) < 4.78 is 23.6. The van der Waals surface area contributed by atoms with E-state index in [1.807, 2.05) is 36.4 Å². The van der Waals surface area contributed by atoms with Crippen molar-refractivity contribution >= 4 is 32.0 Å². The minimum absolute atomic E-state index is 0.207. The number of hydrogen-bond acceptors (Lipinski definition) is 5. The van der Waals surface area contributed by atoms with Crippen molar-refractivity contribution in [2.24, 2.45) is 0 Å². The number of nitrogens with one attached hydrogen (secondary N) is 1. The highest BCUT2D eigenvalue weighted by atomic mass is 32.2. The fourth-order valence-corrected chi connectivity index (χ4v) is 3.75. The van der Waals surface area contributed by atoms with E-state index in [0.29, 0.717) is 13.0 Å². The molecule has 3 aromatic rings. The molecule has 0 atom stereocenters. The van der Waals surface area contributed by atoms with Crippen LogP contribution in [0.25, 0.3) is 10.8 Å². The molecular weight excluding hydrogens is 352 g/mol. The molecule has 0 fully saturated rings. The van der Waals surface area contributed by atoms with Gasteiger partial charge in [-0.15, -0.1) is 0 Å². The van der Waals surface area contributed by atoms with E-state index in [1.54, 1.807) is 0 Å². The minimum Gasteiger partial charge on any atom is -0.379 e. The van der Waals surface area contributed by atoms with Crippen LogP contribution < -0.4 is 5.32 Å². The maximum Gasteiger partial charge on any atom is 0.310 e. The van der Waals surface area contributed by atoms with E-state index >= 15 is 0 Å². The van der Waals surface area contributed by atoms with E-state index in [-0.39, 0.29) is 10.6 Å². The van der Waals surface area contributed by atoms with E-state index in [0.717, 1.165) is 22.6 Å². The Morgan fingerprint density at radius 2 is 1.73 bits per heavy atom. The molecule has 0 spiro atoms. The van der Waals surface area contributed by atoms with E-state index in [2.05, 4.69) is 11.4 Å². The second kappa shape index (κ2) is 7.13. The molecule has 0 aliphatic rings. The number of nitro groups is 1. The molecule has 0 heterocycles. The molecule has 6 nitrogen and oxygen atoms in total. The van der Waals surface area contributed by atoms with Gasteiger partial charge in [0.1, 0.15) is 10.6 Å². The molecule has 3 rings (SSSR count). The number of fused-ring (bicyclic) bond motifs is 1. The third kappa shape index (κ3) is 3.83. The SMILES string of the molecule is CS(=O)(=O)c1cccc(NCCc2ccc3ccccc3c2)c1[N+](=O)[O-]. The molecule has 134 valence electrons. The molecule has 0 saturated heterocycles. The number of para-hydroxylation sites is 1. The topological polar surface area (TPSA) is 89.3 Å². The first-order chi connectivity index (χ1) is 12.4. The smallest absolute Gasteiger partial charge is 0.310 e. The van der Waals surface area contributed by atoms with E-state index in [9.17, 15) is 18.5 Å². The zero-order valence-electron chi connectivity index (χ0n) is 14.2. The first-order valence-corrected chi connectivity index (χ1v) is 9.94. The lowest BCUT2D eigenvalue weighted by Gasteiger charge is -2.10. The van der Waals surface area contributed by atoms with Crippen molar-refractivity contribution in [1.82, 2.24) is 0 Å². The summed E-state index contributed by atoms with van der Waals surface area (Å²) in [5.74, 6) is 0. The van der Waals surface area contributed by atoms with Crippen molar-refractivity contribution in [3.05, 3.63) is 76.3 Å². The molecule has 7 heteroatoms. The summed E-state index contributed by atoms with van der Waals surface area (Å²) in [6.45, 7) is 0.451. The standard InChI is InChI=1S/C19H18N2O4S/c1-26(24,25)18-8-4-7-17(19(18)21(22)23)20-12-11-14-9-10-15-5-2-3-6-16(15)13-14/h2-10,13,20H,11-12H2,1H3. The third-order valence-corrected chi connectivity index (χ3v) is 5.25. The fourth-order valence-electron chi connectivity index (χ4n) is 2.89. The maximum atomic E-state index is 11.8. The first-order valence-electron chi connectivity index (χ1n) is 8.05. The van der Waals surface area contributed by atoms with Gasteiger partial charge in [-0.1, -0.05) is 48.5 Å². The zero-order valence-corrected chi connectivity index (χ0v) is 15.0. The monoisotopic (exact) mass is 370 g/mol. The molecule has 1 N–H and O–H groups in total. The molecule has 0 bridgehead atoms. The molecule has 0 saturated carbocycles. The summed E-state index contributed by atoms with van der Waals surface area (Å²) in [7, 11) is -3.68. The summed E-state index contributed by atoms with van der Waals surface area (Å²) >= 11 is 0. The number of anilines is 1. The van der Waals surface area contributed by atoms with Gasteiger partial charge in [0.25, 0.3) is 0 Å². The van der Waals surface area contributed by atoms with Crippen molar-refractivity contribution < 1.29 is 13.3 Å². The second-order valence-electron chi connectivity index (χ2n) is 6.04. The Morgan fingerprint density at radius 3 is 2.42 bits per heavy atom. The Balaban J connectivity index is 1.80. The van der Waals surface area contributed by atoms with E-state index in [1.165, 1.54) is 18.2 Å². The lowest BCUT2D eigenvalue weighted by atomic mass is 10.1. The van der Waals surface area contributed by atoms with Gasteiger partial charge in [0.2, 0.25) is 0 Å². The van der Waals surface area contributed by atoms with Crippen LogP contribution in [0.4, 0.5) is 11.4 Å². The lowest BCUT2D eigenvalue weighted by Crippen LogP contribution is -2.10. The number of nitrogens with zero attached hydrogens (tertiary/aromatic N) is 1. The average Bonchev–Trinajstić information content (AvgIpc) is 2.60. The number of sulfone groups is 1. The van der Waals surface area contributed by atoms with E-state index < -0.39 is 20.4 Å². The number of hydrogen-bond donors (Lipinski definition) is 1. The highest BCUT2D eigenvalue weighted by Crippen LogP contribution is 2.31. The Bertz CT molecular complexity index is 1080. The van der Waals surface area contributed by atoms with E-state index in [4.69, 9.17) is 0 Å². The molecule has 0 aliphatic heterocycles. The van der Waals surface area contributed by atoms with Crippen LogP contribution in [0.2, 0.25) is 0 Å². The predicted octanol–water partition coefficient (Wildman–Crippen LogP) is 3.81. The van der Waals surface area contributed by atoms with Crippen molar-refractivity contribution in [3.63, 3.8) is 0 Å². The van der Waals surface area contributed by atoms with Gasteiger partial charge in [0, 0.05) is 12.8 Å². The van der Waals surface area contributed by atoms with Gasteiger partial charge in [-0.05, 0) is 34.9 Å². The number of rotatable bonds is 6. The Hall–Kier alpha value is -2.93. The molecule has 26 heavy (non-hydrogen) atoms. The molecule has 0 radical (unpaired) electrons. The summed E-state index contributed by atoms with van der Waals surface area (Å²) in [4.78, 5) is 10.4. The predicted molar refractivity (Wildman–Crippen MR) is 102 cm³/mol. The minimum atomic E-state index is -3.68. The summed E-state index contributed by atoms with van der Waals surface area (Å²) in [5, 5.41) is 16.7. The molecule has 0 amide bonds. The van der Waals surface area contributed by atoms with Gasteiger partial charge in [-0.2, -0.15) is 0 Å². The van der Waals surface area contributed by atoms with Crippen molar-refractivity contribution in [2.75, 3.05) is 18.1 Å². The summed E-state index contributed by atoms with van der Waals surface area (Å²) in [6.07, 6.45) is 1.62. The normalized spacial score (nSPS) is 11.4. The zero-order chi connectivity index (χ0) is 18.7. The Morgan fingerprint density at radius 1 is 1.00 bits per heavy atom. The van der Waals surface area contributed by atoms with Crippen molar-refractivity contribution in [2.45, 2.75) is 11.3 Å². The van der Waals surface area contributed by atoms with Crippen LogP contribution in [0, 0.1) is 10.1 Å². The highest BCUT2D eigenvalue weighted by molar-refractivity contribution is 7.90.